The molecule has 2 rings (SSSR count). The Morgan fingerprint density at radius 3 is 2.73 bits per heavy atom. The number of hydrogen-bond acceptors (Lipinski definition) is 3. The van der Waals surface area contributed by atoms with E-state index in [0.717, 1.165) is 25.9 Å². The first-order valence-electron chi connectivity index (χ1n) is 5.66. The second kappa shape index (κ2) is 4.64. The molecule has 0 spiro atoms. The summed E-state index contributed by atoms with van der Waals surface area (Å²) in [6.07, 6.45) is 4.28. The molecule has 15 heavy (non-hydrogen) atoms. The summed E-state index contributed by atoms with van der Waals surface area (Å²) in [4.78, 5) is 2.71. The van der Waals surface area contributed by atoms with E-state index in [-0.39, 0.29) is 0 Å². The molecule has 0 amide bonds. The minimum atomic E-state index is -0.424. The Kier molecular flexibility index (Phi) is 3.44. The van der Waals surface area contributed by atoms with Crippen molar-refractivity contribution in [3.8, 4) is 0 Å². The van der Waals surface area contributed by atoms with Gasteiger partial charge in [0.05, 0.1) is 5.60 Å². The summed E-state index contributed by atoms with van der Waals surface area (Å²) >= 11 is 1.83. The van der Waals surface area contributed by atoms with Crippen molar-refractivity contribution in [3.63, 3.8) is 0 Å². The second-order valence-corrected chi connectivity index (χ2v) is 5.92. The molecule has 84 valence electrons. The molecule has 1 saturated carbocycles. The van der Waals surface area contributed by atoms with Crippen LogP contribution in [0.1, 0.15) is 35.4 Å². The van der Waals surface area contributed by atoms with Gasteiger partial charge < -0.3 is 10.4 Å². The monoisotopic (exact) mass is 225 g/mol. The zero-order valence-electron chi connectivity index (χ0n) is 9.25. The van der Waals surface area contributed by atoms with E-state index in [4.69, 9.17) is 0 Å². The molecule has 1 heterocycles. The van der Waals surface area contributed by atoms with Gasteiger partial charge in [0.2, 0.25) is 0 Å². The Bertz CT molecular complexity index is 315. The minimum Gasteiger partial charge on any atom is -0.389 e. The largest absolute Gasteiger partial charge is 0.389 e. The normalized spacial score (nSPS) is 19.6. The Morgan fingerprint density at radius 1 is 1.40 bits per heavy atom. The molecule has 0 atom stereocenters. The molecule has 1 fully saturated rings. The van der Waals surface area contributed by atoms with Crippen LogP contribution in [0, 0.1) is 6.92 Å². The van der Waals surface area contributed by atoms with Crippen LogP contribution in [0.2, 0.25) is 0 Å². The Balaban J connectivity index is 1.75. The molecule has 0 radical (unpaired) electrons. The Hall–Kier alpha value is -0.380. The molecule has 0 unspecified atom stereocenters. The summed E-state index contributed by atoms with van der Waals surface area (Å²) in [5, 5.41) is 13.5. The highest BCUT2D eigenvalue weighted by molar-refractivity contribution is 7.11. The van der Waals surface area contributed by atoms with Crippen LogP contribution in [0.5, 0.6) is 0 Å². The number of rotatable bonds is 4. The van der Waals surface area contributed by atoms with Crippen molar-refractivity contribution >= 4 is 11.3 Å². The van der Waals surface area contributed by atoms with Crippen molar-refractivity contribution in [2.45, 2.75) is 44.8 Å². The molecule has 0 bridgehead atoms. The fourth-order valence-electron chi connectivity index (χ4n) is 2.21. The standard InChI is InChI=1S/C12H19NOS/c1-10-4-5-11(15-10)8-13-9-12(14)6-2-3-7-12/h4-5,13-14H,2-3,6-9H2,1H3. The van der Waals surface area contributed by atoms with Crippen LogP contribution in [-0.4, -0.2) is 17.3 Å². The van der Waals surface area contributed by atoms with Gasteiger partial charge in [0.15, 0.2) is 0 Å². The third-order valence-electron chi connectivity index (χ3n) is 3.08. The fourth-order valence-corrected chi connectivity index (χ4v) is 3.07. The van der Waals surface area contributed by atoms with Gasteiger partial charge in [0, 0.05) is 22.8 Å². The topological polar surface area (TPSA) is 32.3 Å². The molecule has 0 aromatic carbocycles. The molecule has 1 aromatic heterocycles. The van der Waals surface area contributed by atoms with E-state index in [0.29, 0.717) is 0 Å². The van der Waals surface area contributed by atoms with Gasteiger partial charge in [-0.1, -0.05) is 12.8 Å². The van der Waals surface area contributed by atoms with E-state index in [1.165, 1.54) is 22.6 Å². The molecule has 1 aliphatic rings. The smallest absolute Gasteiger partial charge is 0.0771 e. The van der Waals surface area contributed by atoms with Crippen LogP contribution >= 0.6 is 11.3 Å². The first kappa shape index (κ1) is 11.1. The Labute approximate surface area is 95.3 Å². The van der Waals surface area contributed by atoms with Gasteiger partial charge in [0.1, 0.15) is 0 Å². The lowest BCUT2D eigenvalue weighted by molar-refractivity contribution is 0.0475. The van der Waals surface area contributed by atoms with Gasteiger partial charge in [-0.05, 0) is 31.9 Å². The number of nitrogens with one attached hydrogen (secondary N) is 1. The van der Waals surface area contributed by atoms with Crippen LogP contribution < -0.4 is 5.32 Å². The van der Waals surface area contributed by atoms with Gasteiger partial charge in [0.25, 0.3) is 0 Å². The predicted octanol–water partition coefficient (Wildman–Crippen LogP) is 2.45. The highest BCUT2D eigenvalue weighted by Crippen LogP contribution is 2.28. The third-order valence-corrected chi connectivity index (χ3v) is 4.08. The Morgan fingerprint density at radius 2 is 2.13 bits per heavy atom. The van der Waals surface area contributed by atoms with Gasteiger partial charge in [-0.3, -0.25) is 0 Å². The average molecular weight is 225 g/mol. The van der Waals surface area contributed by atoms with E-state index < -0.39 is 5.60 Å². The van der Waals surface area contributed by atoms with E-state index in [9.17, 15) is 5.11 Å². The second-order valence-electron chi connectivity index (χ2n) is 4.55. The summed E-state index contributed by atoms with van der Waals surface area (Å²) in [6.45, 7) is 3.75. The molecule has 1 aromatic rings. The van der Waals surface area contributed by atoms with Crippen LogP contribution in [0.4, 0.5) is 0 Å². The van der Waals surface area contributed by atoms with Crippen molar-refractivity contribution in [1.29, 1.82) is 0 Å². The van der Waals surface area contributed by atoms with Gasteiger partial charge >= 0.3 is 0 Å². The van der Waals surface area contributed by atoms with Gasteiger partial charge in [-0.25, -0.2) is 0 Å². The maximum atomic E-state index is 10.1. The van der Waals surface area contributed by atoms with Crippen molar-refractivity contribution in [1.82, 2.24) is 5.32 Å². The summed E-state index contributed by atoms with van der Waals surface area (Å²) in [6, 6.07) is 4.30. The summed E-state index contributed by atoms with van der Waals surface area (Å²) in [7, 11) is 0. The zero-order chi connectivity index (χ0) is 10.7. The minimum absolute atomic E-state index is 0.424. The first-order valence-corrected chi connectivity index (χ1v) is 6.48. The number of aliphatic hydroxyl groups is 1. The molecule has 3 heteroatoms. The van der Waals surface area contributed by atoms with Crippen LogP contribution in [-0.2, 0) is 6.54 Å². The quantitative estimate of drug-likeness (QED) is 0.825. The van der Waals surface area contributed by atoms with Crippen molar-refractivity contribution in [2.24, 2.45) is 0 Å². The third kappa shape index (κ3) is 3.03. The zero-order valence-corrected chi connectivity index (χ0v) is 10.1. The number of aryl methyl sites for hydroxylation is 1. The van der Waals surface area contributed by atoms with Gasteiger partial charge in [-0.15, -0.1) is 11.3 Å². The molecular weight excluding hydrogens is 206 g/mol. The molecule has 1 aliphatic carbocycles. The summed E-state index contributed by atoms with van der Waals surface area (Å²) in [5.41, 5.74) is -0.424. The molecule has 0 saturated heterocycles. The lowest BCUT2D eigenvalue weighted by Crippen LogP contribution is -2.37. The number of thiophene rings is 1. The SMILES string of the molecule is Cc1ccc(CNCC2(O)CCCC2)s1. The molecular formula is C12H19NOS. The lowest BCUT2D eigenvalue weighted by atomic mass is 10.0. The molecule has 0 aliphatic heterocycles. The lowest BCUT2D eigenvalue weighted by Gasteiger charge is -2.22. The van der Waals surface area contributed by atoms with Crippen LogP contribution in [0.25, 0.3) is 0 Å². The predicted molar refractivity (Wildman–Crippen MR) is 64.2 cm³/mol. The average Bonchev–Trinajstić information content (AvgIpc) is 2.76. The summed E-state index contributed by atoms with van der Waals surface area (Å²) < 4.78 is 0. The van der Waals surface area contributed by atoms with E-state index in [2.05, 4.69) is 24.4 Å². The van der Waals surface area contributed by atoms with Crippen LogP contribution in [0.15, 0.2) is 12.1 Å². The maximum absolute atomic E-state index is 10.1. The van der Waals surface area contributed by atoms with Gasteiger partial charge in [-0.2, -0.15) is 0 Å². The molecule has 2 N–H and O–H groups in total. The van der Waals surface area contributed by atoms with Crippen molar-refractivity contribution in [3.05, 3.63) is 21.9 Å². The molecule has 2 nitrogen and oxygen atoms in total. The van der Waals surface area contributed by atoms with E-state index in [1.807, 2.05) is 11.3 Å². The highest BCUT2D eigenvalue weighted by atomic mass is 32.1. The maximum Gasteiger partial charge on any atom is 0.0771 e. The van der Waals surface area contributed by atoms with Crippen molar-refractivity contribution < 1.29 is 5.11 Å². The van der Waals surface area contributed by atoms with E-state index in [1.54, 1.807) is 0 Å². The fraction of sp³-hybridized carbons (Fsp3) is 0.667. The number of hydrogen-bond donors (Lipinski definition) is 2. The van der Waals surface area contributed by atoms with E-state index >= 15 is 0 Å². The highest BCUT2D eigenvalue weighted by Gasteiger charge is 2.30. The van der Waals surface area contributed by atoms with Crippen LogP contribution in [0.3, 0.4) is 0 Å². The first-order chi connectivity index (χ1) is 7.18. The van der Waals surface area contributed by atoms with Crippen molar-refractivity contribution in [2.75, 3.05) is 6.54 Å². The summed E-state index contributed by atoms with van der Waals surface area (Å²) in [5.74, 6) is 0.